The topological polar surface area (TPSA) is 66.8 Å². The number of carboxylic acids is 1. The third-order valence-corrected chi connectivity index (χ3v) is 3.48. The Hall–Kier alpha value is -1.52. The van der Waals surface area contributed by atoms with Gasteiger partial charge in [-0.1, -0.05) is 12.7 Å². The van der Waals surface area contributed by atoms with Gasteiger partial charge >= 0.3 is 12.1 Å². The number of carboxylic acid groups (broad SMARTS) is 1. The van der Waals surface area contributed by atoms with Crippen LogP contribution in [-0.2, 0) is 9.53 Å². The number of hydrogen-bond donors (Lipinski definition) is 1. The molecule has 0 spiro atoms. The van der Waals surface area contributed by atoms with Gasteiger partial charge < -0.3 is 9.84 Å². The first-order chi connectivity index (χ1) is 8.15. The van der Waals surface area contributed by atoms with E-state index in [2.05, 4.69) is 6.58 Å². The number of nitrogens with zero attached hydrogens (tertiary/aromatic N) is 1. The molecule has 0 aromatic heterocycles. The van der Waals surface area contributed by atoms with Crippen LogP contribution >= 0.6 is 0 Å². The maximum Gasteiger partial charge on any atom is 0.410 e. The Morgan fingerprint density at radius 3 is 2.65 bits per heavy atom. The summed E-state index contributed by atoms with van der Waals surface area (Å²) in [4.78, 5) is 24.3. The lowest BCUT2D eigenvalue weighted by molar-refractivity contribution is -0.143. The summed E-state index contributed by atoms with van der Waals surface area (Å²) in [5.74, 6) is -0.341. The first-order valence-electron chi connectivity index (χ1n) is 5.92. The van der Waals surface area contributed by atoms with Crippen LogP contribution in [0.1, 0.15) is 19.3 Å². The molecule has 2 aliphatic rings. The second kappa shape index (κ2) is 4.77. The molecule has 0 aromatic carbocycles. The summed E-state index contributed by atoms with van der Waals surface area (Å²) in [5, 5.41) is 9.24. The molecule has 1 saturated heterocycles. The monoisotopic (exact) mass is 239 g/mol. The van der Waals surface area contributed by atoms with E-state index in [9.17, 15) is 14.7 Å². The number of ether oxygens (including phenoxy) is 1. The number of carbonyl (C=O) groups excluding carboxylic acids is 1. The average molecular weight is 239 g/mol. The lowest BCUT2D eigenvalue weighted by atomic mass is 9.95. The second-order valence-corrected chi connectivity index (χ2v) is 4.63. The zero-order chi connectivity index (χ0) is 12.4. The van der Waals surface area contributed by atoms with Crippen LogP contribution in [0.15, 0.2) is 12.7 Å². The van der Waals surface area contributed by atoms with Gasteiger partial charge in [0.05, 0.1) is 0 Å². The zero-order valence-electron chi connectivity index (χ0n) is 9.67. The van der Waals surface area contributed by atoms with Gasteiger partial charge in [0, 0.05) is 6.54 Å². The van der Waals surface area contributed by atoms with E-state index in [1.807, 2.05) is 0 Å². The molecule has 1 aliphatic carbocycles. The summed E-state index contributed by atoms with van der Waals surface area (Å²) in [5.41, 5.74) is 0. The molecule has 5 heteroatoms. The molecule has 1 heterocycles. The Bertz CT molecular complexity index is 337. The van der Waals surface area contributed by atoms with Crippen LogP contribution < -0.4 is 0 Å². The molecule has 2 unspecified atom stereocenters. The van der Waals surface area contributed by atoms with E-state index in [1.165, 1.54) is 11.0 Å². The van der Waals surface area contributed by atoms with Crippen LogP contribution in [-0.4, -0.2) is 41.3 Å². The second-order valence-electron chi connectivity index (χ2n) is 4.63. The van der Waals surface area contributed by atoms with Gasteiger partial charge in [-0.05, 0) is 31.1 Å². The van der Waals surface area contributed by atoms with E-state index in [1.54, 1.807) is 0 Å². The molecular formula is C12H17NO4. The lowest BCUT2D eigenvalue weighted by Crippen LogP contribution is -2.44. The van der Waals surface area contributed by atoms with Gasteiger partial charge in [-0.15, -0.1) is 0 Å². The molecule has 2 rings (SSSR count). The van der Waals surface area contributed by atoms with Crippen molar-refractivity contribution in [3.8, 4) is 0 Å². The molecule has 0 bridgehead atoms. The Morgan fingerprint density at radius 1 is 1.41 bits per heavy atom. The van der Waals surface area contributed by atoms with Crippen LogP contribution in [0.4, 0.5) is 4.79 Å². The van der Waals surface area contributed by atoms with Crippen molar-refractivity contribution in [2.75, 3.05) is 13.2 Å². The van der Waals surface area contributed by atoms with Crippen molar-refractivity contribution in [3.63, 3.8) is 0 Å². The predicted octanol–water partition coefficient (Wildman–Crippen LogP) is 1.49. The molecule has 0 radical (unpaired) electrons. The Morgan fingerprint density at radius 2 is 2.12 bits per heavy atom. The molecule has 5 nitrogen and oxygen atoms in total. The Kier molecular flexibility index (Phi) is 3.36. The highest BCUT2D eigenvalue weighted by molar-refractivity contribution is 5.81. The van der Waals surface area contributed by atoms with E-state index >= 15 is 0 Å². The van der Waals surface area contributed by atoms with Crippen molar-refractivity contribution in [1.29, 1.82) is 0 Å². The van der Waals surface area contributed by atoms with Gasteiger partial charge in [0.1, 0.15) is 12.6 Å². The summed E-state index contributed by atoms with van der Waals surface area (Å²) in [6, 6.07) is -0.709. The van der Waals surface area contributed by atoms with Gasteiger partial charge in [-0.2, -0.15) is 0 Å². The van der Waals surface area contributed by atoms with E-state index in [4.69, 9.17) is 4.74 Å². The summed E-state index contributed by atoms with van der Waals surface area (Å²) in [7, 11) is 0. The molecule has 2 atom stereocenters. The Balaban J connectivity index is 2.03. The molecule has 1 amide bonds. The molecule has 1 N–H and O–H groups in total. The van der Waals surface area contributed by atoms with Gasteiger partial charge in [0.15, 0.2) is 0 Å². The van der Waals surface area contributed by atoms with Crippen molar-refractivity contribution in [2.45, 2.75) is 25.3 Å². The fraction of sp³-hybridized carbons (Fsp3) is 0.667. The van der Waals surface area contributed by atoms with E-state index in [-0.39, 0.29) is 12.5 Å². The highest BCUT2D eigenvalue weighted by atomic mass is 16.6. The fourth-order valence-corrected chi connectivity index (χ4v) is 2.57. The minimum Gasteiger partial charge on any atom is -0.480 e. The van der Waals surface area contributed by atoms with Gasteiger partial charge in [-0.3, -0.25) is 4.90 Å². The van der Waals surface area contributed by atoms with Crippen molar-refractivity contribution in [1.82, 2.24) is 4.90 Å². The number of carbonyl (C=O) groups is 2. The Labute approximate surface area is 100 Å². The van der Waals surface area contributed by atoms with Crippen LogP contribution in [0.5, 0.6) is 0 Å². The lowest BCUT2D eigenvalue weighted by Gasteiger charge is -2.23. The van der Waals surface area contributed by atoms with E-state index in [0.717, 1.165) is 19.3 Å². The number of aliphatic carboxylic acids is 1. The predicted molar refractivity (Wildman–Crippen MR) is 60.5 cm³/mol. The third-order valence-electron chi connectivity index (χ3n) is 3.48. The van der Waals surface area contributed by atoms with Crippen molar-refractivity contribution in [2.24, 2.45) is 11.8 Å². The van der Waals surface area contributed by atoms with Crippen LogP contribution in [0.3, 0.4) is 0 Å². The first kappa shape index (κ1) is 12.0. The normalized spacial score (nSPS) is 27.9. The summed E-state index contributed by atoms with van der Waals surface area (Å²) in [6.45, 7) is 4.06. The molecule has 94 valence electrons. The molecular weight excluding hydrogens is 222 g/mol. The number of rotatable bonds is 4. The fourth-order valence-electron chi connectivity index (χ4n) is 2.57. The molecule has 1 aliphatic heterocycles. The highest BCUT2D eigenvalue weighted by Crippen LogP contribution is 2.44. The van der Waals surface area contributed by atoms with Crippen molar-refractivity contribution in [3.05, 3.63) is 12.7 Å². The summed E-state index contributed by atoms with van der Waals surface area (Å²) >= 11 is 0. The molecule has 0 aromatic rings. The largest absolute Gasteiger partial charge is 0.480 e. The van der Waals surface area contributed by atoms with Crippen LogP contribution in [0.2, 0.25) is 0 Å². The average Bonchev–Trinajstić information content (AvgIpc) is 3.04. The first-order valence-corrected chi connectivity index (χ1v) is 5.92. The maximum absolute atomic E-state index is 11.7. The number of hydrogen-bond acceptors (Lipinski definition) is 3. The minimum atomic E-state index is -0.921. The van der Waals surface area contributed by atoms with E-state index < -0.39 is 18.1 Å². The quantitative estimate of drug-likeness (QED) is 0.755. The van der Waals surface area contributed by atoms with Gasteiger partial charge in [0.25, 0.3) is 0 Å². The number of amides is 1. The van der Waals surface area contributed by atoms with Gasteiger partial charge in [0.2, 0.25) is 0 Å². The third kappa shape index (κ3) is 2.43. The van der Waals surface area contributed by atoms with Crippen molar-refractivity contribution < 1.29 is 19.4 Å². The number of likely N-dealkylation sites (tertiary alicyclic amines) is 1. The molecule has 17 heavy (non-hydrogen) atoms. The highest BCUT2D eigenvalue weighted by Gasteiger charge is 2.48. The molecule has 1 saturated carbocycles. The van der Waals surface area contributed by atoms with Crippen LogP contribution in [0.25, 0.3) is 0 Å². The van der Waals surface area contributed by atoms with Gasteiger partial charge in [-0.25, -0.2) is 9.59 Å². The standard InChI is InChI=1S/C12H17NO4/c1-2-7-17-12(16)13-6-5-9(8-3-4-8)10(13)11(14)15/h2,8-10H,1,3-7H2,(H,14,15). The smallest absolute Gasteiger partial charge is 0.410 e. The summed E-state index contributed by atoms with van der Waals surface area (Å²) < 4.78 is 4.91. The zero-order valence-corrected chi connectivity index (χ0v) is 9.67. The van der Waals surface area contributed by atoms with Crippen molar-refractivity contribution >= 4 is 12.1 Å². The molecule has 2 fully saturated rings. The van der Waals surface area contributed by atoms with E-state index in [0.29, 0.717) is 12.5 Å². The SMILES string of the molecule is C=CCOC(=O)N1CCC(C2CC2)C1C(=O)O. The minimum absolute atomic E-state index is 0.101. The van der Waals surface area contributed by atoms with Crippen LogP contribution in [0, 0.1) is 11.8 Å². The maximum atomic E-state index is 11.7. The summed E-state index contributed by atoms with van der Waals surface area (Å²) in [6.07, 6.45) is 3.88.